The second-order valence-electron chi connectivity index (χ2n) is 4.32. The predicted octanol–water partition coefficient (Wildman–Crippen LogP) is 1.26. The first-order chi connectivity index (χ1) is 5.93. The second-order valence-corrected chi connectivity index (χ2v) is 4.32. The van der Waals surface area contributed by atoms with Gasteiger partial charge in [-0.05, 0) is 6.42 Å². The van der Waals surface area contributed by atoms with Crippen LogP contribution in [0.15, 0.2) is 0 Å². The monoisotopic (exact) mass is 187 g/mol. The van der Waals surface area contributed by atoms with Gasteiger partial charge >= 0.3 is 0 Å². The van der Waals surface area contributed by atoms with Crippen LogP contribution < -0.4 is 0 Å². The molecule has 0 aromatic heterocycles. The molecule has 0 saturated carbocycles. The number of aliphatic hydroxyl groups excluding tert-OH is 1. The third-order valence-corrected chi connectivity index (χ3v) is 1.98. The summed E-state index contributed by atoms with van der Waals surface area (Å²) in [5, 5.41) is 9.02. The zero-order valence-electron chi connectivity index (χ0n) is 9.13. The average molecular weight is 187 g/mol. The zero-order chi connectivity index (χ0) is 10.5. The van der Waals surface area contributed by atoms with E-state index in [9.17, 15) is 4.79 Å². The van der Waals surface area contributed by atoms with Gasteiger partial charge in [0.1, 0.15) is 0 Å². The van der Waals surface area contributed by atoms with Crippen LogP contribution in [0, 0.1) is 5.41 Å². The van der Waals surface area contributed by atoms with E-state index in [1.54, 1.807) is 11.9 Å². The predicted molar refractivity (Wildman–Crippen MR) is 53.4 cm³/mol. The summed E-state index contributed by atoms with van der Waals surface area (Å²) < 4.78 is 0. The highest BCUT2D eigenvalue weighted by Crippen LogP contribution is 2.15. The van der Waals surface area contributed by atoms with Crippen LogP contribution in [0.3, 0.4) is 0 Å². The molecule has 0 aromatic rings. The number of hydrogen-bond donors (Lipinski definition) is 1. The van der Waals surface area contributed by atoms with Crippen molar-refractivity contribution < 1.29 is 9.90 Å². The van der Waals surface area contributed by atoms with E-state index in [-0.39, 0.29) is 17.9 Å². The fraction of sp³-hybridized carbons (Fsp3) is 0.900. The van der Waals surface area contributed by atoms with Crippen molar-refractivity contribution >= 4 is 5.91 Å². The van der Waals surface area contributed by atoms with Crippen LogP contribution in [0.2, 0.25) is 0 Å². The summed E-state index contributed by atoms with van der Waals surface area (Å²) in [6.45, 7) is 6.60. The number of carbonyl (C=O) groups is 1. The van der Waals surface area contributed by atoms with Gasteiger partial charge in [-0.15, -0.1) is 0 Å². The Balaban J connectivity index is 3.99. The first-order valence-corrected chi connectivity index (χ1v) is 4.78. The van der Waals surface area contributed by atoms with E-state index in [4.69, 9.17) is 5.11 Å². The summed E-state index contributed by atoms with van der Waals surface area (Å²) in [5.74, 6) is 0.157. The Bertz CT molecular complexity index is 166. The van der Waals surface area contributed by atoms with Crippen LogP contribution in [-0.4, -0.2) is 36.1 Å². The molecular formula is C10H21NO2. The van der Waals surface area contributed by atoms with Gasteiger partial charge in [-0.2, -0.15) is 0 Å². The smallest absolute Gasteiger partial charge is 0.222 e. The first kappa shape index (κ1) is 12.4. The maximum absolute atomic E-state index is 11.4. The molecule has 78 valence electrons. The lowest BCUT2D eigenvalue weighted by molar-refractivity contribution is -0.131. The molecule has 3 heteroatoms. The SMILES string of the molecule is CCCC(=O)N(C)CC(C)(C)CO. The molecule has 1 amide bonds. The molecule has 0 heterocycles. The molecule has 1 N–H and O–H groups in total. The van der Waals surface area contributed by atoms with Crippen molar-refractivity contribution in [3.8, 4) is 0 Å². The first-order valence-electron chi connectivity index (χ1n) is 4.78. The number of amides is 1. The van der Waals surface area contributed by atoms with Crippen molar-refractivity contribution in [2.45, 2.75) is 33.6 Å². The van der Waals surface area contributed by atoms with Crippen LogP contribution in [-0.2, 0) is 4.79 Å². The van der Waals surface area contributed by atoms with E-state index < -0.39 is 0 Å². The van der Waals surface area contributed by atoms with Gasteiger partial charge in [0.2, 0.25) is 5.91 Å². The molecular weight excluding hydrogens is 166 g/mol. The van der Waals surface area contributed by atoms with E-state index in [2.05, 4.69) is 0 Å². The normalized spacial score (nSPS) is 11.5. The molecule has 0 aliphatic carbocycles. The summed E-state index contributed by atoms with van der Waals surface area (Å²) in [6, 6.07) is 0. The maximum Gasteiger partial charge on any atom is 0.222 e. The molecule has 0 radical (unpaired) electrons. The van der Waals surface area contributed by atoms with Gasteiger partial charge in [-0.1, -0.05) is 20.8 Å². The molecule has 3 nitrogen and oxygen atoms in total. The van der Waals surface area contributed by atoms with E-state index in [1.165, 1.54) is 0 Å². The number of hydrogen-bond acceptors (Lipinski definition) is 2. The summed E-state index contributed by atoms with van der Waals surface area (Å²) in [6.07, 6.45) is 1.47. The molecule has 0 atom stereocenters. The van der Waals surface area contributed by atoms with Gasteiger partial charge in [-0.25, -0.2) is 0 Å². The highest BCUT2D eigenvalue weighted by Gasteiger charge is 2.21. The molecule has 0 saturated heterocycles. The van der Waals surface area contributed by atoms with Gasteiger partial charge < -0.3 is 10.0 Å². The molecule has 0 aliphatic rings. The van der Waals surface area contributed by atoms with E-state index >= 15 is 0 Å². The van der Waals surface area contributed by atoms with Gasteiger partial charge in [0.15, 0.2) is 0 Å². The van der Waals surface area contributed by atoms with E-state index in [0.717, 1.165) is 6.42 Å². The van der Waals surface area contributed by atoms with Gasteiger partial charge in [0.25, 0.3) is 0 Å². The third kappa shape index (κ3) is 4.88. The number of carbonyl (C=O) groups excluding carboxylic acids is 1. The molecule has 0 spiro atoms. The molecule has 0 bridgehead atoms. The third-order valence-electron chi connectivity index (χ3n) is 1.98. The van der Waals surface area contributed by atoms with Crippen LogP contribution in [0.5, 0.6) is 0 Å². The zero-order valence-corrected chi connectivity index (χ0v) is 9.13. The second kappa shape index (κ2) is 5.22. The fourth-order valence-corrected chi connectivity index (χ4v) is 1.18. The van der Waals surface area contributed by atoms with Crippen LogP contribution >= 0.6 is 0 Å². The average Bonchev–Trinajstić information content (AvgIpc) is 2.04. The van der Waals surface area contributed by atoms with Crippen molar-refractivity contribution in [3.63, 3.8) is 0 Å². The van der Waals surface area contributed by atoms with E-state index in [1.807, 2.05) is 20.8 Å². The highest BCUT2D eigenvalue weighted by atomic mass is 16.3. The molecule has 0 aromatic carbocycles. The van der Waals surface area contributed by atoms with Crippen molar-refractivity contribution in [1.29, 1.82) is 0 Å². The fourth-order valence-electron chi connectivity index (χ4n) is 1.18. The Morgan fingerprint density at radius 2 is 2.00 bits per heavy atom. The van der Waals surface area contributed by atoms with Gasteiger partial charge in [0.05, 0.1) is 0 Å². The number of aliphatic hydroxyl groups is 1. The minimum Gasteiger partial charge on any atom is -0.396 e. The molecule has 13 heavy (non-hydrogen) atoms. The van der Waals surface area contributed by atoms with Gasteiger partial charge in [-0.3, -0.25) is 4.79 Å². The Hall–Kier alpha value is -0.570. The minimum absolute atomic E-state index is 0.108. The summed E-state index contributed by atoms with van der Waals surface area (Å²) in [4.78, 5) is 13.1. The standard InChI is InChI=1S/C10H21NO2/c1-5-6-9(13)11(4)7-10(2,3)8-12/h12H,5-8H2,1-4H3. The topological polar surface area (TPSA) is 40.5 Å². The Morgan fingerprint density at radius 1 is 1.46 bits per heavy atom. The van der Waals surface area contributed by atoms with Crippen LogP contribution in [0.25, 0.3) is 0 Å². The van der Waals surface area contributed by atoms with Crippen molar-refractivity contribution in [2.24, 2.45) is 5.41 Å². The van der Waals surface area contributed by atoms with Crippen molar-refractivity contribution in [2.75, 3.05) is 20.2 Å². The largest absolute Gasteiger partial charge is 0.396 e. The minimum atomic E-state index is -0.196. The lowest BCUT2D eigenvalue weighted by Gasteiger charge is -2.28. The Morgan fingerprint density at radius 3 is 2.38 bits per heavy atom. The number of rotatable bonds is 5. The lowest BCUT2D eigenvalue weighted by Crippen LogP contribution is -2.37. The highest BCUT2D eigenvalue weighted by molar-refractivity contribution is 5.75. The van der Waals surface area contributed by atoms with Crippen LogP contribution in [0.4, 0.5) is 0 Å². The molecule has 0 rings (SSSR count). The van der Waals surface area contributed by atoms with Crippen molar-refractivity contribution in [1.82, 2.24) is 4.90 Å². The number of nitrogens with zero attached hydrogens (tertiary/aromatic N) is 1. The summed E-state index contributed by atoms with van der Waals surface area (Å²) >= 11 is 0. The Labute approximate surface area is 80.7 Å². The molecule has 0 aliphatic heterocycles. The maximum atomic E-state index is 11.4. The quantitative estimate of drug-likeness (QED) is 0.704. The Kier molecular flexibility index (Phi) is 4.99. The van der Waals surface area contributed by atoms with Gasteiger partial charge in [0, 0.05) is 32.0 Å². The summed E-state index contributed by atoms with van der Waals surface area (Å²) in [5.41, 5.74) is -0.196. The van der Waals surface area contributed by atoms with Crippen molar-refractivity contribution in [3.05, 3.63) is 0 Å². The molecule has 0 fully saturated rings. The molecule has 0 unspecified atom stereocenters. The lowest BCUT2D eigenvalue weighted by atomic mass is 9.94. The summed E-state index contributed by atoms with van der Waals surface area (Å²) in [7, 11) is 1.79. The van der Waals surface area contributed by atoms with E-state index in [0.29, 0.717) is 13.0 Å². The van der Waals surface area contributed by atoms with Crippen LogP contribution in [0.1, 0.15) is 33.6 Å².